The van der Waals surface area contributed by atoms with Crippen LogP contribution in [0.15, 0.2) is 48.5 Å². The van der Waals surface area contributed by atoms with Crippen LogP contribution in [0.25, 0.3) is 0 Å². The predicted octanol–water partition coefficient (Wildman–Crippen LogP) is 3.48. The molecule has 0 aromatic heterocycles. The molecule has 0 heterocycles. The molecule has 2 rings (SSSR count). The van der Waals surface area contributed by atoms with Crippen LogP contribution < -0.4 is 9.62 Å². The molecule has 0 aliphatic rings. The van der Waals surface area contributed by atoms with Crippen molar-refractivity contribution < 1.29 is 22.4 Å². The van der Waals surface area contributed by atoms with Gasteiger partial charge < -0.3 is 10.2 Å². The lowest BCUT2D eigenvalue weighted by atomic mass is 10.1. The van der Waals surface area contributed by atoms with Gasteiger partial charge in [-0.05, 0) is 48.6 Å². The van der Waals surface area contributed by atoms with Crippen LogP contribution in [0.1, 0.15) is 38.3 Å². The smallest absolute Gasteiger partial charge is 0.244 e. The van der Waals surface area contributed by atoms with E-state index in [0.29, 0.717) is 29.8 Å². The van der Waals surface area contributed by atoms with Crippen molar-refractivity contribution in [2.24, 2.45) is 5.92 Å². The number of rotatable bonds is 11. The monoisotopic (exact) mass is 491 g/mol. The number of sulfonamides is 1. The molecule has 2 amide bonds. The minimum Gasteiger partial charge on any atom is -0.354 e. The molecule has 34 heavy (non-hydrogen) atoms. The quantitative estimate of drug-likeness (QED) is 0.521. The molecule has 0 fully saturated rings. The van der Waals surface area contributed by atoms with Crippen molar-refractivity contribution in [1.82, 2.24) is 10.2 Å². The van der Waals surface area contributed by atoms with Crippen molar-refractivity contribution in [2.75, 3.05) is 23.7 Å². The van der Waals surface area contributed by atoms with Crippen LogP contribution in [-0.2, 0) is 26.2 Å². The second kappa shape index (κ2) is 12.0. The summed E-state index contributed by atoms with van der Waals surface area (Å²) in [7, 11) is -3.79. The van der Waals surface area contributed by atoms with Crippen LogP contribution in [0.5, 0.6) is 0 Å². The highest BCUT2D eigenvalue weighted by atomic mass is 32.2. The summed E-state index contributed by atoms with van der Waals surface area (Å²) in [6.07, 6.45) is 1.38. The van der Waals surface area contributed by atoms with Gasteiger partial charge in [0.15, 0.2) is 0 Å². The van der Waals surface area contributed by atoms with E-state index in [0.717, 1.165) is 10.6 Å². The molecule has 0 unspecified atom stereocenters. The number of anilines is 1. The zero-order chi connectivity index (χ0) is 25.5. The molecule has 2 aromatic rings. The summed E-state index contributed by atoms with van der Waals surface area (Å²) in [6.45, 7) is 7.52. The van der Waals surface area contributed by atoms with Gasteiger partial charge in [0.2, 0.25) is 21.8 Å². The van der Waals surface area contributed by atoms with Gasteiger partial charge in [0, 0.05) is 13.1 Å². The topological polar surface area (TPSA) is 86.8 Å². The van der Waals surface area contributed by atoms with Crippen LogP contribution in [-0.4, -0.2) is 50.5 Å². The number of para-hydroxylation sites is 1. The summed E-state index contributed by atoms with van der Waals surface area (Å²) in [5.74, 6) is -1.02. The third kappa shape index (κ3) is 7.55. The fourth-order valence-corrected chi connectivity index (χ4v) is 4.47. The largest absolute Gasteiger partial charge is 0.354 e. The van der Waals surface area contributed by atoms with E-state index in [1.54, 1.807) is 50.2 Å². The van der Waals surface area contributed by atoms with Gasteiger partial charge in [0.05, 0.1) is 11.9 Å². The van der Waals surface area contributed by atoms with E-state index in [1.165, 1.54) is 17.0 Å². The fourth-order valence-electron chi connectivity index (χ4n) is 3.57. The number of carbonyl (C=O) groups is 2. The Labute approximate surface area is 202 Å². The predicted molar refractivity (Wildman–Crippen MR) is 132 cm³/mol. The van der Waals surface area contributed by atoms with Crippen LogP contribution >= 0.6 is 0 Å². The molecule has 0 saturated heterocycles. The number of halogens is 1. The lowest BCUT2D eigenvalue weighted by Crippen LogP contribution is -2.52. The number of carbonyl (C=O) groups excluding carboxylic acids is 2. The molecule has 0 radical (unpaired) electrons. The minimum absolute atomic E-state index is 0.0398. The highest BCUT2D eigenvalue weighted by Gasteiger charge is 2.32. The summed E-state index contributed by atoms with van der Waals surface area (Å²) in [5, 5.41) is 2.86. The van der Waals surface area contributed by atoms with Crippen LogP contribution in [0, 0.1) is 18.7 Å². The van der Waals surface area contributed by atoms with Gasteiger partial charge in [-0.15, -0.1) is 0 Å². The molecule has 2 aromatic carbocycles. The van der Waals surface area contributed by atoms with Crippen LogP contribution in [0.4, 0.5) is 10.1 Å². The summed E-state index contributed by atoms with van der Waals surface area (Å²) in [6, 6.07) is 11.7. The average molecular weight is 492 g/mol. The number of benzene rings is 2. The number of aryl methyl sites for hydroxylation is 1. The molecule has 0 saturated carbocycles. The van der Waals surface area contributed by atoms with E-state index in [2.05, 4.69) is 5.32 Å². The minimum atomic E-state index is -3.79. The number of nitrogens with one attached hydrogen (secondary N) is 1. The Hall–Kier alpha value is -2.94. The van der Waals surface area contributed by atoms with Gasteiger partial charge in [0.1, 0.15) is 18.4 Å². The van der Waals surface area contributed by atoms with E-state index in [-0.39, 0.29) is 18.4 Å². The first kappa shape index (κ1) is 27.3. The molecule has 0 spiro atoms. The second-order valence-electron chi connectivity index (χ2n) is 8.77. The van der Waals surface area contributed by atoms with Gasteiger partial charge in [0.25, 0.3) is 0 Å². The third-order valence-electron chi connectivity index (χ3n) is 5.40. The van der Waals surface area contributed by atoms with Crippen LogP contribution in [0.2, 0.25) is 0 Å². The molecular formula is C25H34FN3O4S. The van der Waals surface area contributed by atoms with E-state index in [1.807, 2.05) is 13.8 Å². The molecule has 0 bridgehead atoms. The third-order valence-corrected chi connectivity index (χ3v) is 6.53. The summed E-state index contributed by atoms with van der Waals surface area (Å²) in [4.78, 5) is 27.9. The Balaban J connectivity index is 2.42. The maximum Gasteiger partial charge on any atom is 0.244 e. The van der Waals surface area contributed by atoms with Gasteiger partial charge in [-0.3, -0.25) is 13.9 Å². The van der Waals surface area contributed by atoms with Crippen molar-refractivity contribution >= 4 is 27.5 Å². The molecule has 0 aliphatic carbocycles. The van der Waals surface area contributed by atoms with E-state index < -0.39 is 34.3 Å². The van der Waals surface area contributed by atoms with Crippen molar-refractivity contribution in [2.45, 2.75) is 46.7 Å². The Morgan fingerprint density at radius 3 is 2.21 bits per heavy atom. The number of nitrogens with zero attached hydrogens (tertiary/aromatic N) is 2. The second-order valence-corrected chi connectivity index (χ2v) is 10.7. The van der Waals surface area contributed by atoms with Gasteiger partial charge in [-0.25, -0.2) is 12.8 Å². The average Bonchev–Trinajstić information content (AvgIpc) is 2.77. The zero-order valence-electron chi connectivity index (χ0n) is 20.4. The van der Waals surface area contributed by atoms with Crippen molar-refractivity contribution in [1.29, 1.82) is 0 Å². The summed E-state index contributed by atoms with van der Waals surface area (Å²) >= 11 is 0. The molecule has 186 valence electrons. The molecule has 1 atom stereocenters. The van der Waals surface area contributed by atoms with Crippen molar-refractivity contribution in [3.8, 4) is 0 Å². The van der Waals surface area contributed by atoms with Gasteiger partial charge >= 0.3 is 0 Å². The van der Waals surface area contributed by atoms with Crippen LogP contribution in [0.3, 0.4) is 0 Å². The molecule has 0 aliphatic heterocycles. The SMILES string of the molecule is CC[C@H](C(=O)NCC(C)C)N(Cc1ccc(F)cc1)C(=O)CN(c1ccccc1C)S(C)(=O)=O. The van der Waals surface area contributed by atoms with E-state index in [4.69, 9.17) is 0 Å². The Morgan fingerprint density at radius 1 is 1.06 bits per heavy atom. The molecule has 1 N–H and O–H groups in total. The molecular weight excluding hydrogens is 457 g/mol. The van der Waals surface area contributed by atoms with Gasteiger partial charge in [-0.1, -0.05) is 51.1 Å². The number of amides is 2. The Morgan fingerprint density at radius 2 is 1.68 bits per heavy atom. The molecule has 7 nitrogen and oxygen atoms in total. The van der Waals surface area contributed by atoms with Crippen molar-refractivity contribution in [3.63, 3.8) is 0 Å². The summed E-state index contributed by atoms with van der Waals surface area (Å²) < 4.78 is 39.7. The maximum atomic E-state index is 13.6. The first-order valence-corrected chi connectivity index (χ1v) is 13.1. The summed E-state index contributed by atoms with van der Waals surface area (Å²) in [5.41, 5.74) is 1.73. The lowest BCUT2D eigenvalue weighted by Gasteiger charge is -2.33. The Bertz CT molecular complexity index is 1090. The lowest BCUT2D eigenvalue weighted by molar-refractivity contribution is -0.140. The van der Waals surface area contributed by atoms with Crippen molar-refractivity contribution in [3.05, 3.63) is 65.5 Å². The fraction of sp³-hybridized carbons (Fsp3) is 0.440. The Kier molecular flexibility index (Phi) is 9.61. The number of hydrogen-bond donors (Lipinski definition) is 1. The zero-order valence-corrected chi connectivity index (χ0v) is 21.2. The first-order valence-electron chi connectivity index (χ1n) is 11.3. The first-order chi connectivity index (χ1) is 15.9. The number of hydrogen-bond acceptors (Lipinski definition) is 4. The molecule has 9 heteroatoms. The van der Waals surface area contributed by atoms with Gasteiger partial charge in [-0.2, -0.15) is 0 Å². The standard InChI is InChI=1S/C25H34FN3O4S/c1-6-22(25(31)27-15-18(2)3)28(16-20-11-13-21(26)14-12-20)24(30)17-29(34(5,32)33)23-10-8-7-9-19(23)4/h7-14,18,22H,6,15-17H2,1-5H3,(H,27,31)/t22-/m1/s1. The normalized spacial score (nSPS) is 12.3. The highest BCUT2D eigenvalue weighted by molar-refractivity contribution is 7.92. The van der Waals surface area contributed by atoms with E-state index in [9.17, 15) is 22.4 Å². The van der Waals surface area contributed by atoms with E-state index >= 15 is 0 Å². The maximum absolute atomic E-state index is 13.6. The highest BCUT2D eigenvalue weighted by Crippen LogP contribution is 2.23.